The number of halogens is 2. The molecule has 2 rings (SSSR count). The minimum atomic E-state index is -0.636. The number of pyridine rings is 1. The van der Waals surface area contributed by atoms with E-state index in [1.165, 1.54) is 23.5 Å². The predicted octanol–water partition coefficient (Wildman–Crippen LogP) is 3.72. The lowest BCUT2D eigenvalue weighted by Crippen LogP contribution is -2.13. The summed E-state index contributed by atoms with van der Waals surface area (Å²) in [5, 5.41) is 14.9. The summed E-state index contributed by atoms with van der Waals surface area (Å²) >= 11 is 10.2. The Labute approximate surface area is 124 Å². The molecule has 9 heteroatoms. The SMILES string of the molecule is O=C(Nc1nc(Cl)ccc1[N+](=O)[O-])c1csc(Br)c1. The van der Waals surface area contributed by atoms with E-state index in [1.54, 1.807) is 11.4 Å². The van der Waals surface area contributed by atoms with E-state index in [0.717, 1.165) is 3.79 Å². The Hall–Kier alpha value is -1.51. The van der Waals surface area contributed by atoms with Crippen molar-refractivity contribution in [1.82, 2.24) is 4.98 Å². The van der Waals surface area contributed by atoms with Gasteiger partial charge in [-0.2, -0.15) is 0 Å². The minimum Gasteiger partial charge on any atom is -0.301 e. The van der Waals surface area contributed by atoms with Crippen LogP contribution < -0.4 is 5.32 Å². The van der Waals surface area contributed by atoms with E-state index in [0.29, 0.717) is 5.56 Å². The van der Waals surface area contributed by atoms with Gasteiger partial charge in [-0.3, -0.25) is 14.9 Å². The highest BCUT2D eigenvalue weighted by Crippen LogP contribution is 2.26. The van der Waals surface area contributed by atoms with Gasteiger partial charge in [-0.15, -0.1) is 11.3 Å². The van der Waals surface area contributed by atoms with E-state index < -0.39 is 10.8 Å². The molecule has 2 heterocycles. The Balaban J connectivity index is 2.30. The molecular formula is C10H5BrClN3O3S. The molecule has 0 aromatic carbocycles. The number of carbonyl (C=O) groups is 1. The molecule has 0 aliphatic rings. The molecule has 0 spiro atoms. The highest BCUT2D eigenvalue weighted by atomic mass is 79.9. The summed E-state index contributed by atoms with van der Waals surface area (Å²) in [6, 6.07) is 4.08. The highest BCUT2D eigenvalue weighted by Gasteiger charge is 2.19. The first-order valence-corrected chi connectivity index (χ1v) is 6.89. The standard InChI is InChI=1S/C10H5BrClN3O3S/c11-7-3-5(4-19-7)10(16)14-9-6(15(17)18)1-2-8(12)13-9/h1-4H,(H,13,14,16). The number of thiophene rings is 1. The van der Waals surface area contributed by atoms with Crippen LogP contribution in [0.1, 0.15) is 10.4 Å². The molecule has 2 aromatic rings. The van der Waals surface area contributed by atoms with Gasteiger partial charge in [-0.05, 0) is 28.1 Å². The number of anilines is 1. The summed E-state index contributed by atoms with van der Waals surface area (Å²) in [4.78, 5) is 25.8. The maximum absolute atomic E-state index is 11.9. The van der Waals surface area contributed by atoms with Crippen LogP contribution in [0.5, 0.6) is 0 Å². The van der Waals surface area contributed by atoms with Gasteiger partial charge in [-0.25, -0.2) is 4.98 Å². The van der Waals surface area contributed by atoms with E-state index in [1.807, 2.05) is 0 Å². The van der Waals surface area contributed by atoms with Crippen LogP contribution in [0.4, 0.5) is 11.5 Å². The second kappa shape index (κ2) is 5.64. The molecule has 0 atom stereocenters. The van der Waals surface area contributed by atoms with Crippen LogP contribution in [0.25, 0.3) is 0 Å². The number of carbonyl (C=O) groups excluding carboxylic acids is 1. The molecule has 6 nitrogen and oxygen atoms in total. The number of hydrogen-bond donors (Lipinski definition) is 1. The number of hydrogen-bond acceptors (Lipinski definition) is 5. The van der Waals surface area contributed by atoms with E-state index >= 15 is 0 Å². The number of nitro groups is 1. The number of aromatic nitrogens is 1. The third kappa shape index (κ3) is 3.28. The van der Waals surface area contributed by atoms with Gasteiger partial charge in [-0.1, -0.05) is 11.6 Å². The van der Waals surface area contributed by atoms with Crippen molar-refractivity contribution >= 4 is 56.3 Å². The monoisotopic (exact) mass is 361 g/mol. The number of amides is 1. The Bertz CT molecular complexity index is 661. The zero-order valence-corrected chi connectivity index (χ0v) is 12.3. The average Bonchev–Trinajstić information content (AvgIpc) is 2.75. The zero-order chi connectivity index (χ0) is 14.0. The van der Waals surface area contributed by atoms with Crippen LogP contribution in [-0.2, 0) is 0 Å². The number of rotatable bonds is 3. The van der Waals surface area contributed by atoms with Crippen molar-refractivity contribution < 1.29 is 9.72 Å². The van der Waals surface area contributed by atoms with Crippen LogP contribution in [-0.4, -0.2) is 15.8 Å². The minimum absolute atomic E-state index is 0.0624. The first-order valence-electron chi connectivity index (χ1n) is 4.83. The van der Waals surface area contributed by atoms with Crippen molar-refractivity contribution in [3.63, 3.8) is 0 Å². The summed E-state index contributed by atoms with van der Waals surface area (Å²) < 4.78 is 0.784. The predicted molar refractivity (Wildman–Crippen MR) is 75.9 cm³/mol. The van der Waals surface area contributed by atoms with Gasteiger partial charge in [0.1, 0.15) is 5.15 Å². The Morgan fingerprint density at radius 3 is 2.84 bits per heavy atom. The summed E-state index contributed by atoms with van der Waals surface area (Å²) in [7, 11) is 0. The fourth-order valence-electron chi connectivity index (χ4n) is 1.28. The molecule has 19 heavy (non-hydrogen) atoms. The fourth-order valence-corrected chi connectivity index (χ4v) is 2.56. The lowest BCUT2D eigenvalue weighted by atomic mass is 10.3. The second-order valence-electron chi connectivity index (χ2n) is 3.35. The molecule has 1 amide bonds. The molecule has 0 aliphatic carbocycles. The quantitative estimate of drug-likeness (QED) is 0.512. The van der Waals surface area contributed by atoms with E-state index in [4.69, 9.17) is 11.6 Å². The van der Waals surface area contributed by atoms with Gasteiger partial charge in [0.2, 0.25) is 5.82 Å². The Morgan fingerprint density at radius 2 is 2.26 bits per heavy atom. The summed E-state index contributed by atoms with van der Waals surface area (Å²) in [6.45, 7) is 0. The van der Waals surface area contributed by atoms with Crippen molar-refractivity contribution in [2.45, 2.75) is 0 Å². The lowest BCUT2D eigenvalue weighted by Gasteiger charge is -2.04. The molecule has 0 bridgehead atoms. The lowest BCUT2D eigenvalue weighted by molar-refractivity contribution is -0.384. The molecule has 0 aliphatic heterocycles. The van der Waals surface area contributed by atoms with Crippen molar-refractivity contribution in [3.05, 3.63) is 48.2 Å². The van der Waals surface area contributed by atoms with Crippen LogP contribution >= 0.6 is 38.9 Å². The van der Waals surface area contributed by atoms with Gasteiger partial charge in [0.15, 0.2) is 0 Å². The van der Waals surface area contributed by atoms with Crippen LogP contribution in [0.3, 0.4) is 0 Å². The second-order valence-corrected chi connectivity index (χ2v) is 6.03. The van der Waals surface area contributed by atoms with Crippen molar-refractivity contribution in [3.8, 4) is 0 Å². The molecule has 1 N–H and O–H groups in total. The van der Waals surface area contributed by atoms with Gasteiger partial charge in [0, 0.05) is 11.4 Å². The van der Waals surface area contributed by atoms with E-state index in [-0.39, 0.29) is 16.7 Å². The van der Waals surface area contributed by atoms with Crippen LogP contribution in [0, 0.1) is 10.1 Å². The zero-order valence-electron chi connectivity index (χ0n) is 9.09. The molecular weight excluding hydrogens is 358 g/mol. The van der Waals surface area contributed by atoms with Crippen molar-refractivity contribution in [2.24, 2.45) is 0 Å². The molecule has 2 aromatic heterocycles. The Morgan fingerprint density at radius 1 is 1.53 bits per heavy atom. The molecule has 98 valence electrons. The first kappa shape index (κ1) is 13.9. The van der Waals surface area contributed by atoms with Gasteiger partial charge >= 0.3 is 5.69 Å². The smallest absolute Gasteiger partial charge is 0.301 e. The third-order valence-corrected chi connectivity index (χ3v) is 3.81. The van der Waals surface area contributed by atoms with Crippen LogP contribution in [0.15, 0.2) is 27.4 Å². The van der Waals surface area contributed by atoms with Gasteiger partial charge < -0.3 is 5.32 Å². The summed E-state index contributed by atoms with van der Waals surface area (Å²) in [5.74, 6) is -0.662. The summed E-state index contributed by atoms with van der Waals surface area (Å²) in [5.41, 5.74) is 0.0694. The van der Waals surface area contributed by atoms with Crippen molar-refractivity contribution in [1.29, 1.82) is 0 Å². The molecule has 0 radical (unpaired) electrons. The topological polar surface area (TPSA) is 85.1 Å². The van der Waals surface area contributed by atoms with Crippen molar-refractivity contribution in [2.75, 3.05) is 5.32 Å². The van der Waals surface area contributed by atoms with Gasteiger partial charge in [0.25, 0.3) is 5.91 Å². The molecule has 0 unspecified atom stereocenters. The van der Waals surface area contributed by atoms with Gasteiger partial charge in [0.05, 0.1) is 14.3 Å². The third-order valence-electron chi connectivity index (χ3n) is 2.10. The summed E-state index contributed by atoms with van der Waals surface area (Å²) in [6.07, 6.45) is 0. The average molecular weight is 363 g/mol. The first-order chi connectivity index (χ1) is 8.97. The Kier molecular flexibility index (Phi) is 4.13. The molecule has 0 saturated carbocycles. The normalized spacial score (nSPS) is 10.2. The number of nitrogens with zero attached hydrogens (tertiary/aromatic N) is 2. The van der Waals surface area contributed by atoms with Crippen LogP contribution in [0.2, 0.25) is 5.15 Å². The highest BCUT2D eigenvalue weighted by molar-refractivity contribution is 9.11. The maximum atomic E-state index is 11.9. The fraction of sp³-hybridized carbons (Fsp3) is 0. The number of nitrogens with one attached hydrogen (secondary N) is 1. The van der Waals surface area contributed by atoms with E-state index in [9.17, 15) is 14.9 Å². The molecule has 0 saturated heterocycles. The van der Waals surface area contributed by atoms with E-state index in [2.05, 4.69) is 26.2 Å². The largest absolute Gasteiger partial charge is 0.311 e. The molecule has 0 fully saturated rings. The maximum Gasteiger partial charge on any atom is 0.311 e.